The van der Waals surface area contributed by atoms with Crippen LogP contribution >= 0.6 is 0 Å². The minimum Gasteiger partial charge on any atom is -0.392 e. The normalized spacial score (nSPS) is 39.3. The van der Waals surface area contributed by atoms with Gasteiger partial charge in [-0.3, -0.25) is 14.4 Å². The van der Waals surface area contributed by atoms with E-state index < -0.39 is 28.2 Å². The number of ether oxygens (including phenoxy) is 1. The Morgan fingerprint density at radius 3 is 2.52 bits per heavy atom. The van der Waals surface area contributed by atoms with Crippen molar-refractivity contribution < 1.29 is 19.1 Å². The van der Waals surface area contributed by atoms with Crippen molar-refractivity contribution in [1.29, 1.82) is 0 Å². The Morgan fingerprint density at radius 1 is 1.17 bits per heavy atom. The molecule has 1 amide bonds. The number of hydrogen-bond donors (Lipinski definition) is 0. The summed E-state index contributed by atoms with van der Waals surface area (Å²) in [6.45, 7) is 8.40. The number of esters is 2. The predicted octanol–water partition coefficient (Wildman–Crippen LogP) is 2.67. The average Bonchev–Trinajstić information content (AvgIpc) is 2.67. The second kappa shape index (κ2) is 5.05. The summed E-state index contributed by atoms with van der Waals surface area (Å²) in [7, 11) is 0. The summed E-state index contributed by atoms with van der Waals surface area (Å²) in [6.07, 6.45) is 4.93. The molecule has 128 valence electrons. The van der Waals surface area contributed by atoms with Gasteiger partial charge in [0, 0.05) is 18.0 Å². The zero-order valence-electron chi connectivity index (χ0n) is 14.6. The van der Waals surface area contributed by atoms with Crippen LogP contribution in [0.25, 0.3) is 0 Å². The first kappa shape index (κ1) is 16.5. The standard InChI is InChI=1S/C18H27NO4/c1-5-12-8-6-7-11-19(12)13(20)18-10-9-17(4,16(18,2)3)14(21)23-15(18)22/h12H,5-11H2,1-4H3. The summed E-state index contributed by atoms with van der Waals surface area (Å²) in [6, 6.07) is 0.193. The number of cyclic esters (lactones) is 2. The summed E-state index contributed by atoms with van der Waals surface area (Å²) in [4.78, 5) is 40.4. The molecule has 3 unspecified atom stereocenters. The molecule has 2 aliphatic heterocycles. The third kappa shape index (κ3) is 1.82. The number of carbonyl (C=O) groups is 3. The molecular weight excluding hydrogens is 294 g/mol. The number of fused-ring (bicyclic) bond motifs is 2. The SMILES string of the molecule is CCC1CCCCN1C(=O)C12CCC(C)(C(=O)OC1=O)C2(C)C. The molecule has 0 spiro atoms. The average molecular weight is 321 g/mol. The molecule has 1 aliphatic carbocycles. The topological polar surface area (TPSA) is 63.7 Å². The fourth-order valence-corrected chi connectivity index (χ4v) is 4.93. The van der Waals surface area contributed by atoms with Crippen LogP contribution < -0.4 is 0 Å². The molecule has 2 saturated heterocycles. The quantitative estimate of drug-likeness (QED) is 0.579. The molecule has 3 fully saturated rings. The fourth-order valence-electron chi connectivity index (χ4n) is 4.93. The molecule has 0 aromatic heterocycles. The van der Waals surface area contributed by atoms with Crippen LogP contribution in [0.5, 0.6) is 0 Å². The summed E-state index contributed by atoms with van der Waals surface area (Å²) in [5.41, 5.74) is -2.70. The lowest BCUT2D eigenvalue weighted by atomic mass is 9.56. The summed E-state index contributed by atoms with van der Waals surface area (Å²) < 4.78 is 5.07. The first-order valence-electron chi connectivity index (χ1n) is 8.80. The Labute approximate surface area is 137 Å². The van der Waals surface area contributed by atoms with E-state index in [1.165, 1.54) is 0 Å². The third-order valence-electron chi connectivity index (χ3n) is 7.16. The zero-order valence-corrected chi connectivity index (χ0v) is 14.6. The van der Waals surface area contributed by atoms with Crippen molar-refractivity contribution in [2.75, 3.05) is 6.54 Å². The van der Waals surface area contributed by atoms with Crippen LogP contribution in [0.1, 0.15) is 66.2 Å². The first-order valence-corrected chi connectivity index (χ1v) is 8.80. The number of carbonyl (C=O) groups excluding carboxylic acids is 3. The van der Waals surface area contributed by atoms with Crippen molar-refractivity contribution in [3.63, 3.8) is 0 Å². The molecule has 2 bridgehead atoms. The van der Waals surface area contributed by atoms with E-state index in [1.54, 1.807) is 0 Å². The summed E-state index contributed by atoms with van der Waals surface area (Å²) >= 11 is 0. The lowest BCUT2D eigenvalue weighted by Crippen LogP contribution is -2.64. The van der Waals surface area contributed by atoms with Gasteiger partial charge < -0.3 is 9.64 Å². The van der Waals surface area contributed by atoms with Crippen LogP contribution in [0.4, 0.5) is 0 Å². The van der Waals surface area contributed by atoms with E-state index in [2.05, 4.69) is 6.92 Å². The highest BCUT2D eigenvalue weighted by Crippen LogP contribution is 2.66. The van der Waals surface area contributed by atoms with Gasteiger partial charge in [0.15, 0.2) is 5.41 Å². The number of likely N-dealkylation sites (tertiary alicyclic amines) is 1. The molecule has 0 aromatic rings. The van der Waals surface area contributed by atoms with E-state index in [0.29, 0.717) is 19.4 Å². The van der Waals surface area contributed by atoms with Crippen LogP contribution in [0.15, 0.2) is 0 Å². The molecular formula is C18H27NO4. The van der Waals surface area contributed by atoms with E-state index in [4.69, 9.17) is 4.74 Å². The Balaban J connectivity index is 2.04. The molecule has 3 rings (SSSR count). The van der Waals surface area contributed by atoms with Crippen LogP contribution in [-0.4, -0.2) is 35.3 Å². The van der Waals surface area contributed by atoms with Crippen molar-refractivity contribution in [1.82, 2.24) is 4.90 Å². The molecule has 3 atom stereocenters. The highest BCUT2D eigenvalue weighted by Gasteiger charge is 2.75. The van der Waals surface area contributed by atoms with Gasteiger partial charge in [-0.05, 0) is 45.4 Å². The minimum atomic E-state index is -1.21. The number of piperidine rings is 1. The van der Waals surface area contributed by atoms with Gasteiger partial charge in [-0.2, -0.15) is 0 Å². The van der Waals surface area contributed by atoms with Gasteiger partial charge in [0.25, 0.3) is 0 Å². The maximum Gasteiger partial charge on any atom is 0.329 e. The van der Waals surface area contributed by atoms with Crippen molar-refractivity contribution >= 4 is 17.8 Å². The Bertz CT molecular complexity index is 569. The zero-order chi connectivity index (χ0) is 17.0. The maximum absolute atomic E-state index is 13.5. The van der Waals surface area contributed by atoms with Crippen molar-refractivity contribution in [2.45, 2.75) is 72.3 Å². The number of amides is 1. The van der Waals surface area contributed by atoms with E-state index >= 15 is 0 Å². The van der Waals surface area contributed by atoms with Crippen LogP contribution in [0.2, 0.25) is 0 Å². The van der Waals surface area contributed by atoms with E-state index in [9.17, 15) is 14.4 Å². The van der Waals surface area contributed by atoms with Gasteiger partial charge in [-0.1, -0.05) is 20.8 Å². The van der Waals surface area contributed by atoms with Gasteiger partial charge in [0.1, 0.15) is 0 Å². The number of rotatable bonds is 2. The van der Waals surface area contributed by atoms with Crippen LogP contribution in [-0.2, 0) is 19.1 Å². The molecule has 2 heterocycles. The molecule has 0 radical (unpaired) electrons. The monoisotopic (exact) mass is 321 g/mol. The lowest BCUT2D eigenvalue weighted by Gasteiger charge is -2.50. The summed E-state index contributed by atoms with van der Waals surface area (Å²) in [5.74, 6) is -1.22. The van der Waals surface area contributed by atoms with Crippen LogP contribution in [0, 0.1) is 16.2 Å². The molecule has 3 aliphatic rings. The van der Waals surface area contributed by atoms with Crippen molar-refractivity contribution in [3.05, 3.63) is 0 Å². The van der Waals surface area contributed by atoms with Gasteiger partial charge in [-0.25, -0.2) is 0 Å². The third-order valence-corrected chi connectivity index (χ3v) is 7.16. The van der Waals surface area contributed by atoms with E-state index in [1.807, 2.05) is 25.7 Å². The summed E-state index contributed by atoms with van der Waals surface area (Å²) in [5, 5.41) is 0. The fraction of sp³-hybridized carbons (Fsp3) is 0.833. The Morgan fingerprint density at radius 2 is 1.87 bits per heavy atom. The Hall–Kier alpha value is -1.39. The molecule has 23 heavy (non-hydrogen) atoms. The smallest absolute Gasteiger partial charge is 0.329 e. The second-order valence-corrected chi connectivity index (χ2v) is 8.10. The van der Waals surface area contributed by atoms with E-state index in [-0.39, 0.29) is 11.9 Å². The van der Waals surface area contributed by atoms with Crippen molar-refractivity contribution in [2.24, 2.45) is 16.2 Å². The van der Waals surface area contributed by atoms with Gasteiger partial charge in [-0.15, -0.1) is 0 Å². The molecule has 0 N–H and O–H groups in total. The first-order chi connectivity index (χ1) is 10.7. The van der Waals surface area contributed by atoms with Gasteiger partial charge in [0.2, 0.25) is 5.91 Å². The highest BCUT2D eigenvalue weighted by atomic mass is 16.6. The van der Waals surface area contributed by atoms with Crippen LogP contribution in [0.3, 0.4) is 0 Å². The highest BCUT2D eigenvalue weighted by molar-refractivity contribution is 6.11. The largest absolute Gasteiger partial charge is 0.392 e. The molecule has 1 saturated carbocycles. The van der Waals surface area contributed by atoms with Gasteiger partial charge >= 0.3 is 11.9 Å². The van der Waals surface area contributed by atoms with Gasteiger partial charge in [0.05, 0.1) is 5.41 Å². The predicted molar refractivity (Wildman–Crippen MR) is 84.3 cm³/mol. The van der Waals surface area contributed by atoms with Crippen molar-refractivity contribution in [3.8, 4) is 0 Å². The molecule has 5 heteroatoms. The van der Waals surface area contributed by atoms with E-state index in [0.717, 1.165) is 25.7 Å². The minimum absolute atomic E-state index is 0.115. The molecule has 5 nitrogen and oxygen atoms in total. The Kier molecular flexibility index (Phi) is 3.62. The second-order valence-electron chi connectivity index (χ2n) is 8.10. The lowest BCUT2D eigenvalue weighted by molar-refractivity contribution is -0.200. The molecule has 0 aromatic carbocycles. The maximum atomic E-state index is 13.5. The number of hydrogen-bond acceptors (Lipinski definition) is 4. The number of nitrogens with zero attached hydrogens (tertiary/aromatic N) is 1.